The molecule has 0 atom stereocenters. The molecule has 190 valence electrons. The molecule has 0 N–H and O–H groups in total. The predicted molar refractivity (Wildman–Crippen MR) is 141 cm³/mol. The Morgan fingerprint density at radius 3 is 2.50 bits per heavy atom. The highest BCUT2D eigenvalue weighted by Crippen LogP contribution is 2.27. The van der Waals surface area contributed by atoms with Gasteiger partial charge in [0.2, 0.25) is 5.91 Å². The van der Waals surface area contributed by atoms with E-state index in [0.29, 0.717) is 36.6 Å². The van der Waals surface area contributed by atoms with Gasteiger partial charge in [-0.1, -0.05) is 43.6 Å². The quantitative estimate of drug-likeness (QED) is 0.526. The maximum atomic E-state index is 13.9. The molecule has 8 nitrogen and oxygen atoms in total. The van der Waals surface area contributed by atoms with Crippen LogP contribution in [0.3, 0.4) is 0 Å². The minimum Gasteiger partial charge on any atom is -0.333 e. The van der Waals surface area contributed by atoms with Gasteiger partial charge in [0, 0.05) is 44.0 Å². The molecule has 0 unspecified atom stereocenters. The van der Waals surface area contributed by atoms with Gasteiger partial charge >= 0.3 is 0 Å². The molecule has 1 aliphatic heterocycles. The fourth-order valence-electron chi connectivity index (χ4n) is 4.45. The van der Waals surface area contributed by atoms with E-state index in [1.165, 1.54) is 0 Å². The minimum absolute atomic E-state index is 0.113. The number of benzene rings is 2. The van der Waals surface area contributed by atoms with Crippen molar-refractivity contribution in [3.05, 3.63) is 71.3 Å². The molecule has 2 amide bonds. The van der Waals surface area contributed by atoms with Gasteiger partial charge in [-0.2, -0.15) is 0 Å². The van der Waals surface area contributed by atoms with Crippen molar-refractivity contribution >= 4 is 29.1 Å². The lowest BCUT2D eigenvalue weighted by molar-refractivity contribution is -0.119. The summed E-state index contributed by atoms with van der Waals surface area (Å²) in [5, 5.41) is 8.10. The van der Waals surface area contributed by atoms with Crippen molar-refractivity contribution in [2.24, 2.45) is 5.92 Å². The zero-order valence-corrected chi connectivity index (χ0v) is 21.9. The summed E-state index contributed by atoms with van der Waals surface area (Å²) in [6, 6.07) is 13.2. The molecule has 1 aliphatic rings. The van der Waals surface area contributed by atoms with Gasteiger partial charge < -0.3 is 14.7 Å². The molecule has 1 aromatic heterocycles. The van der Waals surface area contributed by atoms with E-state index in [1.54, 1.807) is 29.4 Å². The van der Waals surface area contributed by atoms with E-state index in [0.717, 1.165) is 36.4 Å². The molecular weight excluding hydrogens is 476 g/mol. The number of halogens is 1. The van der Waals surface area contributed by atoms with E-state index in [2.05, 4.69) is 28.9 Å². The van der Waals surface area contributed by atoms with Crippen molar-refractivity contribution in [2.75, 3.05) is 38.1 Å². The highest BCUT2D eigenvalue weighted by molar-refractivity contribution is 6.33. The Bertz CT molecular complexity index is 1200. The summed E-state index contributed by atoms with van der Waals surface area (Å²) < 4.78 is 1.74. The van der Waals surface area contributed by atoms with Crippen LogP contribution in [0.25, 0.3) is 5.69 Å². The number of carbonyl (C=O) groups is 2. The molecule has 0 radical (unpaired) electrons. The molecule has 2 heterocycles. The van der Waals surface area contributed by atoms with Gasteiger partial charge in [-0.25, -0.2) is 0 Å². The van der Waals surface area contributed by atoms with Crippen molar-refractivity contribution in [3.63, 3.8) is 0 Å². The molecule has 2 aromatic carbocycles. The second-order valence-electron chi connectivity index (χ2n) is 9.69. The average Bonchev–Trinajstić information content (AvgIpc) is 3.38. The van der Waals surface area contributed by atoms with Gasteiger partial charge in [0.05, 0.1) is 10.6 Å². The first-order chi connectivity index (χ1) is 17.3. The molecule has 0 fully saturated rings. The fraction of sp³-hybridized carbons (Fsp3) is 0.407. The summed E-state index contributed by atoms with van der Waals surface area (Å²) in [4.78, 5) is 33.0. The number of amides is 2. The van der Waals surface area contributed by atoms with Crippen LogP contribution < -0.4 is 4.90 Å². The molecule has 0 saturated carbocycles. The van der Waals surface area contributed by atoms with Gasteiger partial charge in [0.1, 0.15) is 12.7 Å². The van der Waals surface area contributed by atoms with Crippen LogP contribution in [0.5, 0.6) is 0 Å². The van der Waals surface area contributed by atoms with E-state index in [1.807, 2.05) is 47.2 Å². The maximum absolute atomic E-state index is 13.9. The monoisotopic (exact) mass is 508 g/mol. The molecule has 0 aliphatic carbocycles. The van der Waals surface area contributed by atoms with E-state index >= 15 is 0 Å². The first kappa shape index (κ1) is 25.9. The minimum atomic E-state index is -0.155. The molecule has 0 bridgehead atoms. The number of rotatable bonds is 4. The predicted octanol–water partition coefficient (Wildman–Crippen LogP) is 4.28. The summed E-state index contributed by atoms with van der Waals surface area (Å²) in [5.41, 5.74) is 2.99. The number of carbonyl (C=O) groups excluding carboxylic acids is 2. The number of anilines is 1. The number of hydrogen-bond donors (Lipinski definition) is 0. The van der Waals surface area contributed by atoms with E-state index in [4.69, 9.17) is 11.6 Å². The van der Waals surface area contributed by atoms with E-state index in [-0.39, 0.29) is 17.7 Å². The van der Waals surface area contributed by atoms with Crippen LogP contribution in [0.15, 0.2) is 55.1 Å². The van der Waals surface area contributed by atoms with Crippen LogP contribution in [0, 0.1) is 5.92 Å². The highest BCUT2D eigenvalue weighted by Gasteiger charge is 2.25. The Balaban J connectivity index is 1.70. The Hall–Kier alpha value is -3.23. The van der Waals surface area contributed by atoms with Crippen molar-refractivity contribution < 1.29 is 9.59 Å². The normalized spacial score (nSPS) is 15.5. The lowest BCUT2D eigenvalue weighted by atomic mass is 10.1. The third kappa shape index (κ3) is 6.12. The van der Waals surface area contributed by atoms with E-state index < -0.39 is 0 Å². The number of nitrogens with zero attached hydrogens (tertiary/aromatic N) is 6. The standard InChI is InChI=1S/C27H33ClN6O2/c1-20(2)15-26(35)34-12-6-11-31(3)13-14-32(17-21-7-4-5-8-25(21)34)27(36)23-16-22(9-10-24(23)28)33-18-29-30-19-33/h4-5,7-10,16,18-20H,6,11-15,17H2,1-3H3. The molecule has 9 heteroatoms. The Morgan fingerprint density at radius 2 is 1.75 bits per heavy atom. The number of aromatic nitrogens is 3. The van der Waals surface area contributed by atoms with Gasteiger partial charge in [-0.3, -0.25) is 14.2 Å². The van der Waals surface area contributed by atoms with Gasteiger partial charge in [0.25, 0.3) is 5.91 Å². The molecule has 3 aromatic rings. The van der Waals surface area contributed by atoms with Crippen molar-refractivity contribution in [1.82, 2.24) is 24.6 Å². The van der Waals surface area contributed by atoms with Gasteiger partial charge in [-0.05, 0) is 55.8 Å². The van der Waals surface area contributed by atoms with Crippen LogP contribution in [-0.4, -0.2) is 69.6 Å². The largest absolute Gasteiger partial charge is 0.333 e. The number of para-hydroxylation sites is 1. The SMILES string of the molecule is CC(C)CC(=O)N1CCCN(C)CCN(C(=O)c2cc(-n3cnnc3)ccc2Cl)Cc2ccccc21. The Labute approximate surface area is 217 Å². The lowest BCUT2D eigenvalue weighted by Crippen LogP contribution is -2.37. The topological polar surface area (TPSA) is 74.6 Å². The van der Waals surface area contributed by atoms with Crippen molar-refractivity contribution in [1.29, 1.82) is 0 Å². The lowest BCUT2D eigenvalue weighted by Gasteiger charge is -2.28. The summed E-state index contributed by atoms with van der Waals surface area (Å²) in [6.07, 6.45) is 4.51. The number of fused-ring (bicyclic) bond motifs is 1. The van der Waals surface area contributed by atoms with E-state index in [9.17, 15) is 9.59 Å². The van der Waals surface area contributed by atoms with Crippen LogP contribution in [-0.2, 0) is 11.3 Å². The van der Waals surface area contributed by atoms with Gasteiger partial charge in [0.15, 0.2) is 0 Å². The Morgan fingerprint density at radius 1 is 1.00 bits per heavy atom. The summed E-state index contributed by atoms with van der Waals surface area (Å²) >= 11 is 6.52. The molecule has 0 saturated heterocycles. The van der Waals surface area contributed by atoms with Crippen LogP contribution >= 0.6 is 11.6 Å². The zero-order valence-electron chi connectivity index (χ0n) is 21.1. The average molecular weight is 509 g/mol. The molecular formula is C27H33ClN6O2. The summed E-state index contributed by atoms with van der Waals surface area (Å²) in [6.45, 7) is 7.23. The second kappa shape index (κ2) is 11.7. The molecule has 0 spiro atoms. The summed E-state index contributed by atoms with van der Waals surface area (Å²) in [5.74, 6) is 0.225. The number of hydrogen-bond acceptors (Lipinski definition) is 5. The molecule has 36 heavy (non-hydrogen) atoms. The summed E-state index contributed by atoms with van der Waals surface area (Å²) in [7, 11) is 2.05. The first-order valence-electron chi connectivity index (χ1n) is 12.3. The van der Waals surface area contributed by atoms with Crippen LogP contribution in [0.4, 0.5) is 5.69 Å². The molecule has 4 rings (SSSR count). The Kier molecular flexibility index (Phi) is 8.38. The third-order valence-corrected chi connectivity index (χ3v) is 6.71. The van der Waals surface area contributed by atoms with Gasteiger partial charge in [-0.15, -0.1) is 10.2 Å². The zero-order chi connectivity index (χ0) is 25.7. The fourth-order valence-corrected chi connectivity index (χ4v) is 4.65. The van der Waals surface area contributed by atoms with Crippen molar-refractivity contribution in [3.8, 4) is 5.69 Å². The van der Waals surface area contributed by atoms with Crippen molar-refractivity contribution in [2.45, 2.75) is 33.2 Å². The smallest absolute Gasteiger partial charge is 0.255 e. The van der Waals surface area contributed by atoms with Crippen LogP contribution in [0.2, 0.25) is 5.02 Å². The maximum Gasteiger partial charge on any atom is 0.255 e. The van der Waals surface area contributed by atoms with Crippen LogP contribution in [0.1, 0.15) is 42.6 Å². The third-order valence-electron chi connectivity index (χ3n) is 6.39. The number of likely N-dealkylation sites (N-methyl/N-ethyl adjacent to an activating group) is 1. The second-order valence-corrected chi connectivity index (χ2v) is 10.1. The first-order valence-corrected chi connectivity index (χ1v) is 12.7. The highest BCUT2D eigenvalue weighted by atomic mass is 35.5.